The summed E-state index contributed by atoms with van der Waals surface area (Å²) in [6.45, 7) is 7.12. The maximum absolute atomic E-state index is 13.7. The van der Waals surface area contributed by atoms with E-state index in [4.69, 9.17) is 4.74 Å². The summed E-state index contributed by atoms with van der Waals surface area (Å²) in [5, 5.41) is 2.94. The lowest BCUT2D eigenvalue weighted by atomic mass is 10.1. The van der Waals surface area contributed by atoms with Crippen LogP contribution in [0.1, 0.15) is 39.7 Å². The zero-order valence-corrected chi connectivity index (χ0v) is 23.4. The molecule has 0 aliphatic carbocycles. The molecule has 2 amide bonds. The molecule has 0 unspecified atom stereocenters. The summed E-state index contributed by atoms with van der Waals surface area (Å²) < 4.78 is 32.2. The predicted molar refractivity (Wildman–Crippen MR) is 142 cm³/mol. The zero-order chi connectivity index (χ0) is 26.4. The Morgan fingerprint density at radius 3 is 2.23 bits per heavy atom. The average molecular weight is 569 g/mol. The van der Waals surface area contributed by atoms with Crippen LogP contribution in [0.15, 0.2) is 53.0 Å². The van der Waals surface area contributed by atoms with Gasteiger partial charge in [-0.1, -0.05) is 41.1 Å². The number of halogens is 1. The fraction of sp³-hybridized carbons (Fsp3) is 0.440. The van der Waals surface area contributed by atoms with Crippen molar-refractivity contribution in [3.8, 4) is 5.75 Å². The van der Waals surface area contributed by atoms with E-state index in [0.29, 0.717) is 22.3 Å². The molecule has 0 radical (unpaired) electrons. The van der Waals surface area contributed by atoms with Crippen LogP contribution in [0, 0.1) is 0 Å². The van der Waals surface area contributed by atoms with Crippen molar-refractivity contribution in [1.29, 1.82) is 0 Å². The van der Waals surface area contributed by atoms with Crippen molar-refractivity contribution >= 4 is 43.5 Å². The summed E-state index contributed by atoms with van der Waals surface area (Å²) in [6, 6.07) is 13.1. The number of carbonyl (C=O) groups excluding carboxylic acids is 2. The topological polar surface area (TPSA) is 96.0 Å². The van der Waals surface area contributed by atoms with Crippen LogP contribution >= 0.6 is 15.9 Å². The standard InChI is InChI=1S/C25H34BrN3O5S/c1-7-22(24(31)27-25(2,3)4)28(16-18-11-13-21(34-5)14-12-18)23(30)17-29(35(6,32)33)20-10-8-9-19(26)15-20/h8-15,22H,7,16-17H2,1-6H3,(H,27,31)/t22-/m0/s1. The molecule has 1 atom stereocenters. The van der Waals surface area contributed by atoms with E-state index in [2.05, 4.69) is 21.2 Å². The Hall–Kier alpha value is -2.59. The Kier molecular flexibility index (Phi) is 9.74. The number of carbonyl (C=O) groups is 2. The van der Waals surface area contributed by atoms with Gasteiger partial charge in [0.25, 0.3) is 0 Å². The van der Waals surface area contributed by atoms with Crippen LogP contribution < -0.4 is 14.4 Å². The summed E-state index contributed by atoms with van der Waals surface area (Å²) in [4.78, 5) is 28.3. The minimum atomic E-state index is -3.78. The minimum absolute atomic E-state index is 0.134. The van der Waals surface area contributed by atoms with Crippen molar-refractivity contribution in [2.24, 2.45) is 0 Å². The second kappa shape index (κ2) is 11.9. The molecular weight excluding hydrogens is 534 g/mol. The van der Waals surface area contributed by atoms with E-state index < -0.39 is 34.1 Å². The van der Waals surface area contributed by atoms with Crippen LogP contribution in [-0.2, 0) is 26.2 Å². The maximum Gasteiger partial charge on any atom is 0.244 e. The number of rotatable bonds is 10. The Labute approximate surface area is 216 Å². The second-order valence-electron chi connectivity index (χ2n) is 9.28. The van der Waals surface area contributed by atoms with E-state index in [1.54, 1.807) is 43.5 Å². The number of hydrogen-bond acceptors (Lipinski definition) is 5. The molecule has 0 aliphatic heterocycles. The zero-order valence-electron chi connectivity index (χ0n) is 21.0. The first-order valence-electron chi connectivity index (χ1n) is 11.2. The molecule has 0 fully saturated rings. The molecule has 2 aromatic carbocycles. The first-order valence-corrected chi connectivity index (χ1v) is 13.9. The average Bonchev–Trinajstić information content (AvgIpc) is 2.75. The summed E-state index contributed by atoms with van der Waals surface area (Å²) in [5.74, 6) is -0.112. The fourth-order valence-corrected chi connectivity index (χ4v) is 4.77. The second-order valence-corrected chi connectivity index (χ2v) is 12.1. The third-order valence-electron chi connectivity index (χ3n) is 5.17. The van der Waals surface area contributed by atoms with Crippen LogP contribution in [0.2, 0.25) is 0 Å². The molecule has 2 aromatic rings. The van der Waals surface area contributed by atoms with Gasteiger partial charge >= 0.3 is 0 Å². The van der Waals surface area contributed by atoms with Gasteiger partial charge in [0.15, 0.2) is 0 Å². The molecule has 0 bridgehead atoms. The molecule has 0 aliphatic rings. The number of anilines is 1. The van der Waals surface area contributed by atoms with Crippen LogP contribution in [-0.4, -0.2) is 56.6 Å². The van der Waals surface area contributed by atoms with Crippen molar-refractivity contribution < 1.29 is 22.7 Å². The summed E-state index contributed by atoms with van der Waals surface area (Å²) >= 11 is 3.35. The molecule has 1 N–H and O–H groups in total. The van der Waals surface area contributed by atoms with Crippen LogP contribution in [0.25, 0.3) is 0 Å². The summed E-state index contributed by atoms with van der Waals surface area (Å²) in [6.07, 6.45) is 1.41. The molecule has 2 rings (SSSR count). The number of ether oxygens (including phenoxy) is 1. The highest BCUT2D eigenvalue weighted by atomic mass is 79.9. The molecule has 0 saturated heterocycles. The Bertz CT molecular complexity index is 1130. The van der Waals surface area contributed by atoms with Crippen molar-refractivity contribution in [2.75, 3.05) is 24.2 Å². The number of amides is 2. The smallest absolute Gasteiger partial charge is 0.244 e. The monoisotopic (exact) mass is 567 g/mol. The maximum atomic E-state index is 13.7. The van der Waals surface area contributed by atoms with E-state index in [1.807, 2.05) is 39.8 Å². The van der Waals surface area contributed by atoms with Crippen LogP contribution in [0.5, 0.6) is 5.75 Å². The molecule has 192 valence electrons. The Balaban J connectivity index is 2.45. The molecule has 35 heavy (non-hydrogen) atoms. The van der Waals surface area contributed by atoms with E-state index in [1.165, 1.54) is 4.90 Å². The number of methoxy groups -OCH3 is 1. The SMILES string of the molecule is CC[C@@H](C(=O)NC(C)(C)C)N(Cc1ccc(OC)cc1)C(=O)CN(c1cccc(Br)c1)S(C)(=O)=O. The third-order valence-corrected chi connectivity index (χ3v) is 6.81. The molecule has 0 aromatic heterocycles. The highest BCUT2D eigenvalue weighted by Gasteiger charge is 2.33. The largest absolute Gasteiger partial charge is 0.497 e. The summed E-state index contributed by atoms with van der Waals surface area (Å²) in [5.41, 5.74) is 0.648. The third kappa shape index (κ3) is 8.54. The first-order chi connectivity index (χ1) is 16.2. The van der Waals surface area contributed by atoms with Crippen molar-refractivity contribution in [3.63, 3.8) is 0 Å². The summed E-state index contributed by atoms with van der Waals surface area (Å²) in [7, 11) is -2.21. The van der Waals surface area contributed by atoms with Gasteiger partial charge in [-0.25, -0.2) is 8.42 Å². The quantitative estimate of drug-likeness (QED) is 0.469. The predicted octanol–water partition coefficient (Wildman–Crippen LogP) is 3.95. The lowest BCUT2D eigenvalue weighted by Crippen LogP contribution is -2.55. The minimum Gasteiger partial charge on any atom is -0.497 e. The highest BCUT2D eigenvalue weighted by molar-refractivity contribution is 9.10. The lowest BCUT2D eigenvalue weighted by molar-refractivity contribution is -0.141. The van der Waals surface area contributed by atoms with Gasteiger partial charge in [-0.3, -0.25) is 13.9 Å². The number of nitrogens with one attached hydrogen (secondary N) is 1. The van der Waals surface area contributed by atoms with Gasteiger partial charge in [-0.2, -0.15) is 0 Å². The van der Waals surface area contributed by atoms with E-state index in [9.17, 15) is 18.0 Å². The number of benzene rings is 2. The van der Waals surface area contributed by atoms with Crippen molar-refractivity contribution in [2.45, 2.75) is 52.2 Å². The van der Waals surface area contributed by atoms with E-state index >= 15 is 0 Å². The van der Waals surface area contributed by atoms with Gasteiger partial charge in [0.1, 0.15) is 18.3 Å². The van der Waals surface area contributed by atoms with Crippen molar-refractivity contribution in [1.82, 2.24) is 10.2 Å². The highest BCUT2D eigenvalue weighted by Crippen LogP contribution is 2.23. The molecule has 10 heteroatoms. The van der Waals surface area contributed by atoms with Gasteiger partial charge in [0, 0.05) is 16.6 Å². The van der Waals surface area contributed by atoms with Gasteiger partial charge < -0.3 is 15.0 Å². The molecule has 8 nitrogen and oxygen atoms in total. The fourth-order valence-electron chi connectivity index (χ4n) is 3.54. The van der Waals surface area contributed by atoms with Crippen molar-refractivity contribution in [3.05, 3.63) is 58.6 Å². The molecule has 0 spiro atoms. The normalized spacial score (nSPS) is 12.5. The molecular formula is C25H34BrN3O5S. The van der Waals surface area contributed by atoms with Crippen LogP contribution in [0.4, 0.5) is 5.69 Å². The molecule has 0 saturated carbocycles. The number of nitrogens with zero attached hydrogens (tertiary/aromatic N) is 2. The van der Waals surface area contributed by atoms with Gasteiger partial charge in [-0.15, -0.1) is 0 Å². The van der Waals surface area contributed by atoms with Gasteiger partial charge in [0.2, 0.25) is 21.8 Å². The Morgan fingerprint density at radius 2 is 1.74 bits per heavy atom. The van der Waals surface area contributed by atoms with E-state index in [-0.39, 0.29) is 12.5 Å². The van der Waals surface area contributed by atoms with Crippen LogP contribution in [0.3, 0.4) is 0 Å². The lowest BCUT2D eigenvalue weighted by Gasteiger charge is -2.34. The molecule has 0 heterocycles. The first kappa shape index (κ1) is 28.6. The number of sulfonamides is 1. The number of hydrogen-bond donors (Lipinski definition) is 1. The van der Waals surface area contributed by atoms with E-state index in [0.717, 1.165) is 16.1 Å². The van der Waals surface area contributed by atoms with Gasteiger partial charge in [0.05, 0.1) is 19.1 Å². The van der Waals surface area contributed by atoms with Gasteiger partial charge in [-0.05, 0) is 63.1 Å². The Morgan fingerprint density at radius 1 is 1.11 bits per heavy atom.